The molecule has 3 rings (SSSR count). The number of nitrogens with zero attached hydrogens (tertiary/aromatic N) is 3. The van der Waals surface area contributed by atoms with E-state index in [9.17, 15) is 0 Å². The lowest BCUT2D eigenvalue weighted by atomic mass is 10.1. The Bertz CT molecular complexity index is 725. The molecular weight excluding hydrogens is 280 g/mol. The molecular formula is C13H11ClN4S. The predicted molar refractivity (Wildman–Crippen MR) is 78.7 cm³/mol. The second-order valence-electron chi connectivity index (χ2n) is 4.14. The zero-order chi connectivity index (χ0) is 13.2. The molecule has 0 aliphatic carbocycles. The smallest absolute Gasteiger partial charge is 0.225 e. The van der Waals surface area contributed by atoms with Crippen molar-refractivity contribution >= 4 is 39.0 Å². The van der Waals surface area contributed by atoms with E-state index in [2.05, 4.69) is 20.3 Å². The monoisotopic (exact) mass is 290 g/mol. The summed E-state index contributed by atoms with van der Waals surface area (Å²) < 4.78 is 0. The van der Waals surface area contributed by atoms with Crippen molar-refractivity contribution in [2.45, 2.75) is 13.5 Å². The van der Waals surface area contributed by atoms with Crippen molar-refractivity contribution in [1.29, 1.82) is 0 Å². The van der Waals surface area contributed by atoms with Crippen molar-refractivity contribution in [3.05, 3.63) is 46.3 Å². The molecule has 6 heteroatoms. The Labute approximate surface area is 119 Å². The van der Waals surface area contributed by atoms with E-state index in [-0.39, 0.29) is 5.28 Å². The molecule has 0 aromatic carbocycles. The normalized spacial score (nSPS) is 10.8. The molecule has 4 nitrogen and oxygen atoms in total. The van der Waals surface area contributed by atoms with Gasteiger partial charge in [0.25, 0.3) is 0 Å². The highest BCUT2D eigenvalue weighted by atomic mass is 35.5. The van der Waals surface area contributed by atoms with Gasteiger partial charge in [-0.2, -0.15) is 0 Å². The van der Waals surface area contributed by atoms with Crippen LogP contribution in [0.1, 0.15) is 11.1 Å². The number of pyridine rings is 1. The van der Waals surface area contributed by atoms with Gasteiger partial charge in [0.2, 0.25) is 5.28 Å². The highest BCUT2D eigenvalue weighted by Crippen LogP contribution is 2.26. The molecule has 19 heavy (non-hydrogen) atoms. The van der Waals surface area contributed by atoms with Crippen LogP contribution >= 0.6 is 22.9 Å². The molecule has 0 saturated carbocycles. The molecule has 0 fully saturated rings. The third-order valence-electron chi connectivity index (χ3n) is 2.88. The van der Waals surface area contributed by atoms with Crippen LogP contribution in [0.15, 0.2) is 29.9 Å². The van der Waals surface area contributed by atoms with Crippen molar-refractivity contribution in [2.24, 2.45) is 0 Å². The minimum Gasteiger partial charge on any atom is -0.365 e. The number of hydrogen-bond donors (Lipinski definition) is 1. The summed E-state index contributed by atoms with van der Waals surface area (Å²) in [5.74, 6) is 0.771. The van der Waals surface area contributed by atoms with Gasteiger partial charge in [-0.15, -0.1) is 11.3 Å². The van der Waals surface area contributed by atoms with E-state index in [0.717, 1.165) is 21.6 Å². The standard InChI is InChI=1S/C13H11ClN4S/c1-8-6-15-4-2-9(8)7-16-11-10-3-5-19-12(10)18-13(14)17-11/h2-6H,7H2,1H3,(H,16,17,18). The zero-order valence-corrected chi connectivity index (χ0v) is 11.8. The molecule has 0 aliphatic heterocycles. The molecule has 3 aromatic rings. The Morgan fingerprint density at radius 1 is 1.32 bits per heavy atom. The van der Waals surface area contributed by atoms with Crippen LogP contribution < -0.4 is 5.32 Å². The molecule has 0 bridgehead atoms. The molecule has 96 valence electrons. The van der Waals surface area contributed by atoms with Gasteiger partial charge in [-0.05, 0) is 47.2 Å². The number of hydrogen-bond acceptors (Lipinski definition) is 5. The average molecular weight is 291 g/mol. The lowest BCUT2D eigenvalue weighted by molar-refractivity contribution is 1.07. The van der Waals surface area contributed by atoms with Crippen LogP contribution in [-0.2, 0) is 6.54 Å². The number of aryl methyl sites for hydroxylation is 1. The van der Waals surface area contributed by atoms with Crippen molar-refractivity contribution < 1.29 is 0 Å². The van der Waals surface area contributed by atoms with Crippen LogP contribution in [0.25, 0.3) is 10.2 Å². The fourth-order valence-corrected chi connectivity index (χ4v) is 2.83. The van der Waals surface area contributed by atoms with E-state index in [1.54, 1.807) is 17.5 Å². The second kappa shape index (κ2) is 5.11. The van der Waals surface area contributed by atoms with Gasteiger partial charge in [-0.3, -0.25) is 4.98 Å². The molecule has 0 atom stereocenters. The van der Waals surface area contributed by atoms with Gasteiger partial charge in [-0.1, -0.05) is 0 Å². The van der Waals surface area contributed by atoms with Gasteiger partial charge in [-0.25, -0.2) is 9.97 Å². The van der Waals surface area contributed by atoms with Crippen LogP contribution in [0, 0.1) is 6.92 Å². The third kappa shape index (κ3) is 2.52. The minimum absolute atomic E-state index is 0.268. The van der Waals surface area contributed by atoms with Crippen LogP contribution in [0.2, 0.25) is 5.28 Å². The summed E-state index contributed by atoms with van der Waals surface area (Å²) in [6.45, 7) is 2.73. The van der Waals surface area contributed by atoms with Crippen molar-refractivity contribution in [1.82, 2.24) is 15.0 Å². The Kier molecular flexibility index (Phi) is 3.31. The van der Waals surface area contributed by atoms with Crippen LogP contribution in [-0.4, -0.2) is 15.0 Å². The first-order valence-electron chi connectivity index (χ1n) is 5.78. The fourth-order valence-electron chi connectivity index (χ4n) is 1.84. The minimum atomic E-state index is 0.268. The lowest BCUT2D eigenvalue weighted by Gasteiger charge is -2.08. The van der Waals surface area contributed by atoms with Crippen LogP contribution in [0.5, 0.6) is 0 Å². The number of thiophene rings is 1. The molecule has 0 unspecified atom stereocenters. The fraction of sp³-hybridized carbons (Fsp3) is 0.154. The summed E-state index contributed by atoms with van der Waals surface area (Å²) >= 11 is 7.48. The Morgan fingerprint density at radius 3 is 3.05 bits per heavy atom. The second-order valence-corrected chi connectivity index (χ2v) is 5.37. The predicted octanol–water partition coefficient (Wildman–Crippen LogP) is 3.66. The summed E-state index contributed by atoms with van der Waals surface area (Å²) in [4.78, 5) is 13.4. The summed E-state index contributed by atoms with van der Waals surface area (Å²) in [6, 6.07) is 3.99. The van der Waals surface area contributed by atoms with Gasteiger partial charge >= 0.3 is 0 Å². The lowest BCUT2D eigenvalue weighted by Crippen LogP contribution is -2.04. The molecule has 0 aliphatic rings. The van der Waals surface area contributed by atoms with Crippen molar-refractivity contribution in [2.75, 3.05) is 5.32 Å². The summed E-state index contributed by atoms with van der Waals surface area (Å²) in [5, 5.41) is 6.57. The maximum Gasteiger partial charge on any atom is 0.225 e. The SMILES string of the molecule is Cc1cnccc1CNc1nc(Cl)nc2sccc12. The van der Waals surface area contributed by atoms with E-state index in [4.69, 9.17) is 11.6 Å². The molecule has 1 N–H and O–H groups in total. The topological polar surface area (TPSA) is 50.7 Å². The van der Waals surface area contributed by atoms with Gasteiger partial charge in [0.05, 0.1) is 5.39 Å². The van der Waals surface area contributed by atoms with Crippen LogP contribution in [0.4, 0.5) is 5.82 Å². The first kappa shape index (κ1) is 12.3. The van der Waals surface area contributed by atoms with Gasteiger partial charge in [0.1, 0.15) is 10.6 Å². The molecule has 3 aromatic heterocycles. The number of fused-ring (bicyclic) bond motifs is 1. The number of nitrogens with one attached hydrogen (secondary N) is 1. The zero-order valence-electron chi connectivity index (χ0n) is 10.2. The maximum absolute atomic E-state index is 5.93. The summed E-state index contributed by atoms with van der Waals surface area (Å²) in [6.07, 6.45) is 3.64. The van der Waals surface area contributed by atoms with E-state index in [1.165, 1.54) is 5.56 Å². The number of aromatic nitrogens is 3. The number of halogens is 1. The summed E-state index contributed by atoms with van der Waals surface area (Å²) in [5.41, 5.74) is 2.34. The van der Waals surface area contributed by atoms with Crippen LogP contribution in [0.3, 0.4) is 0 Å². The summed E-state index contributed by atoms with van der Waals surface area (Å²) in [7, 11) is 0. The molecule has 0 saturated heterocycles. The first-order valence-corrected chi connectivity index (χ1v) is 7.04. The van der Waals surface area contributed by atoms with Gasteiger partial charge in [0.15, 0.2) is 0 Å². The average Bonchev–Trinajstić information content (AvgIpc) is 2.85. The van der Waals surface area contributed by atoms with E-state index in [0.29, 0.717) is 6.54 Å². The maximum atomic E-state index is 5.93. The molecule has 3 heterocycles. The molecule has 0 radical (unpaired) electrons. The van der Waals surface area contributed by atoms with Crippen molar-refractivity contribution in [3.63, 3.8) is 0 Å². The number of rotatable bonds is 3. The molecule has 0 amide bonds. The molecule has 0 spiro atoms. The Hall–Kier alpha value is -1.72. The Morgan fingerprint density at radius 2 is 2.21 bits per heavy atom. The van der Waals surface area contributed by atoms with E-state index in [1.807, 2.05) is 30.6 Å². The highest BCUT2D eigenvalue weighted by Gasteiger charge is 2.08. The van der Waals surface area contributed by atoms with Gasteiger partial charge < -0.3 is 5.32 Å². The van der Waals surface area contributed by atoms with Gasteiger partial charge in [0, 0.05) is 18.9 Å². The largest absolute Gasteiger partial charge is 0.365 e. The van der Waals surface area contributed by atoms with Crippen molar-refractivity contribution in [3.8, 4) is 0 Å². The quantitative estimate of drug-likeness (QED) is 0.748. The highest BCUT2D eigenvalue weighted by molar-refractivity contribution is 7.16. The van der Waals surface area contributed by atoms with E-state index >= 15 is 0 Å². The van der Waals surface area contributed by atoms with E-state index < -0.39 is 0 Å². The first-order chi connectivity index (χ1) is 9.24. The Balaban J connectivity index is 1.90. The third-order valence-corrected chi connectivity index (χ3v) is 3.86. The number of anilines is 1.